The van der Waals surface area contributed by atoms with Crippen LogP contribution in [0.3, 0.4) is 0 Å². The Morgan fingerprint density at radius 1 is 0.864 bits per heavy atom. The second-order valence-corrected chi connectivity index (χ2v) is 3.49. The van der Waals surface area contributed by atoms with Crippen LogP contribution in [0.15, 0.2) is 10.2 Å². The average molecular weight is 314 g/mol. The third-order valence-electron chi connectivity index (χ3n) is 1.98. The number of carbonyl (C=O) groups is 4. The second-order valence-electron chi connectivity index (χ2n) is 3.49. The average Bonchev–Trinajstić information content (AvgIpc) is 2.49. The Hall–Kier alpha value is -3.18. The lowest BCUT2D eigenvalue weighted by molar-refractivity contribution is -0.146. The topological polar surface area (TPSA) is 230 Å². The summed E-state index contributed by atoms with van der Waals surface area (Å²) in [5, 5.41) is 27.6. The first kappa shape index (κ1) is 18.8. The van der Waals surface area contributed by atoms with Gasteiger partial charge < -0.3 is 20.8 Å². The predicted octanol–water partition coefficient (Wildman–Crippen LogP) is -2.39. The molecular weight excluding hydrogens is 304 g/mol. The van der Waals surface area contributed by atoms with E-state index in [9.17, 15) is 29.4 Å². The van der Waals surface area contributed by atoms with E-state index in [1.807, 2.05) is 10.6 Å². The molecule has 4 amide bonds. The highest BCUT2D eigenvalue weighted by Crippen LogP contribution is 1.95. The van der Waals surface area contributed by atoms with Crippen molar-refractivity contribution in [3.63, 3.8) is 0 Å². The molecule has 22 heavy (non-hydrogen) atoms. The van der Waals surface area contributed by atoms with Crippen LogP contribution in [0.4, 0.5) is 0 Å². The number of aliphatic hydroxyl groups excluding tert-OH is 2. The third-order valence-corrected chi connectivity index (χ3v) is 1.98. The standard InChI is InChI=1S/C8H10N8O6/c9-15-13-3(17)1-11-7(21)5(19)6(20)8(22)12-2-4(18)14-16-10/h5-6,19-20H,1-2H2,(H,11,21)(H,12,22). The second kappa shape index (κ2) is 9.68. The molecule has 0 aliphatic heterocycles. The van der Waals surface area contributed by atoms with Crippen LogP contribution in [-0.4, -0.2) is 59.1 Å². The first-order valence-electron chi connectivity index (χ1n) is 5.41. The summed E-state index contributed by atoms with van der Waals surface area (Å²) in [7, 11) is 0. The molecule has 4 N–H and O–H groups in total. The molecular formula is C8H10N8O6. The number of amides is 4. The summed E-state index contributed by atoms with van der Waals surface area (Å²) in [6.45, 7) is -1.49. The van der Waals surface area contributed by atoms with Crippen molar-refractivity contribution >= 4 is 23.6 Å². The molecule has 2 atom stereocenters. The van der Waals surface area contributed by atoms with E-state index in [4.69, 9.17) is 11.1 Å². The van der Waals surface area contributed by atoms with Crippen molar-refractivity contribution in [3.8, 4) is 0 Å². The lowest BCUT2D eigenvalue weighted by Gasteiger charge is -2.16. The number of aliphatic hydroxyl groups is 2. The Labute approximate surface area is 121 Å². The zero-order valence-electron chi connectivity index (χ0n) is 10.8. The fourth-order valence-corrected chi connectivity index (χ4v) is 0.992. The third kappa shape index (κ3) is 6.83. The Balaban J connectivity index is 4.41. The van der Waals surface area contributed by atoms with Gasteiger partial charge >= 0.3 is 0 Å². The van der Waals surface area contributed by atoms with Gasteiger partial charge in [-0.15, -0.1) is 0 Å². The molecule has 0 bridgehead atoms. The van der Waals surface area contributed by atoms with E-state index >= 15 is 0 Å². The van der Waals surface area contributed by atoms with Crippen molar-refractivity contribution < 1.29 is 29.4 Å². The minimum absolute atomic E-state index is 0.746. The van der Waals surface area contributed by atoms with Crippen molar-refractivity contribution in [2.75, 3.05) is 13.1 Å². The maximum Gasteiger partial charge on any atom is 0.252 e. The summed E-state index contributed by atoms with van der Waals surface area (Å²) in [5.74, 6) is -4.68. The lowest BCUT2D eigenvalue weighted by atomic mass is 10.1. The zero-order valence-corrected chi connectivity index (χ0v) is 10.8. The highest BCUT2D eigenvalue weighted by atomic mass is 16.3. The molecule has 0 aromatic carbocycles. The van der Waals surface area contributed by atoms with Gasteiger partial charge in [0.05, 0.1) is 13.1 Å². The maximum atomic E-state index is 11.3. The molecule has 0 rings (SSSR count). The van der Waals surface area contributed by atoms with Crippen LogP contribution < -0.4 is 10.6 Å². The molecule has 0 saturated carbocycles. The smallest absolute Gasteiger partial charge is 0.252 e. The fraction of sp³-hybridized carbons (Fsp3) is 0.500. The number of nitrogens with zero attached hydrogens (tertiary/aromatic N) is 6. The SMILES string of the molecule is [N-]=[N+]=NC(=O)CNC(=O)C(O)C(O)C(=O)NCC(=O)N=[N+]=[N-]. The molecule has 2 unspecified atom stereocenters. The van der Waals surface area contributed by atoms with E-state index in [0.29, 0.717) is 0 Å². The van der Waals surface area contributed by atoms with E-state index in [1.165, 1.54) is 0 Å². The fourth-order valence-electron chi connectivity index (χ4n) is 0.992. The quantitative estimate of drug-likeness (QED) is 0.227. The number of azide groups is 2. The van der Waals surface area contributed by atoms with Gasteiger partial charge in [0.25, 0.3) is 11.8 Å². The Kier molecular flexibility index (Phi) is 8.28. The van der Waals surface area contributed by atoms with Crippen molar-refractivity contribution in [1.82, 2.24) is 10.6 Å². The van der Waals surface area contributed by atoms with Crippen molar-refractivity contribution in [2.24, 2.45) is 10.2 Å². The Bertz CT molecular complexity index is 513. The summed E-state index contributed by atoms with van der Waals surface area (Å²) >= 11 is 0. The number of hydrogen-bond donors (Lipinski definition) is 4. The lowest BCUT2D eigenvalue weighted by Crippen LogP contribution is -2.50. The van der Waals surface area contributed by atoms with Gasteiger partial charge in [0.1, 0.15) is 0 Å². The molecule has 0 aromatic rings. The van der Waals surface area contributed by atoms with Crippen LogP contribution >= 0.6 is 0 Å². The van der Waals surface area contributed by atoms with Crippen LogP contribution in [0.1, 0.15) is 0 Å². The van der Waals surface area contributed by atoms with Crippen LogP contribution in [0.5, 0.6) is 0 Å². The Morgan fingerprint density at radius 2 is 1.18 bits per heavy atom. The van der Waals surface area contributed by atoms with Gasteiger partial charge in [-0.05, 0) is 21.3 Å². The molecule has 118 valence electrons. The van der Waals surface area contributed by atoms with Gasteiger partial charge in [0, 0.05) is 9.82 Å². The largest absolute Gasteiger partial charge is 0.380 e. The number of nitrogens with one attached hydrogen (secondary N) is 2. The molecule has 0 fully saturated rings. The molecule has 14 nitrogen and oxygen atoms in total. The van der Waals surface area contributed by atoms with E-state index in [1.54, 1.807) is 0 Å². The van der Waals surface area contributed by atoms with E-state index in [-0.39, 0.29) is 0 Å². The molecule has 14 heteroatoms. The van der Waals surface area contributed by atoms with Crippen molar-refractivity contribution in [3.05, 3.63) is 20.9 Å². The van der Waals surface area contributed by atoms with E-state index in [0.717, 1.165) is 0 Å². The summed E-state index contributed by atoms with van der Waals surface area (Å²) in [6.07, 6.45) is -4.48. The molecule has 0 spiro atoms. The van der Waals surface area contributed by atoms with Crippen LogP contribution in [-0.2, 0) is 19.2 Å². The summed E-state index contributed by atoms with van der Waals surface area (Å²) < 4.78 is 0. The van der Waals surface area contributed by atoms with Gasteiger partial charge in [-0.3, -0.25) is 19.2 Å². The first-order chi connectivity index (χ1) is 10.3. The van der Waals surface area contributed by atoms with Gasteiger partial charge in [-0.2, -0.15) is 0 Å². The Morgan fingerprint density at radius 3 is 1.45 bits per heavy atom. The monoisotopic (exact) mass is 314 g/mol. The van der Waals surface area contributed by atoms with Crippen LogP contribution in [0.2, 0.25) is 0 Å². The molecule has 0 aliphatic rings. The van der Waals surface area contributed by atoms with Gasteiger partial charge in [-0.1, -0.05) is 0 Å². The number of rotatable bonds is 7. The molecule has 0 aliphatic carbocycles. The van der Waals surface area contributed by atoms with Crippen molar-refractivity contribution in [1.29, 1.82) is 0 Å². The maximum absolute atomic E-state index is 11.3. The molecule has 0 radical (unpaired) electrons. The van der Waals surface area contributed by atoms with Gasteiger partial charge in [-0.25, -0.2) is 0 Å². The van der Waals surface area contributed by atoms with Gasteiger partial charge in [0.15, 0.2) is 12.2 Å². The minimum Gasteiger partial charge on any atom is -0.380 e. The van der Waals surface area contributed by atoms with Gasteiger partial charge in [0.2, 0.25) is 11.8 Å². The van der Waals surface area contributed by atoms with Crippen LogP contribution in [0.25, 0.3) is 20.9 Å². The minimum atomic E-state index is -2.24. The predicted molar refractivity (Wildman–Crippen MR) is 66.3 cm³/mol. The van der Waals surface area contributed by atoms with Crippen LogP contribution in [0, 0.1) is 0 Å². The summed E-state index contributed by atoms with van der Waals surface area (Å²) in [6, 6.07) is 0. The van der Waals surface area contributed by atoms with E-state index < -0.39 is 48.9 Å². The first-order valence-corrected chi connectivity index (χ1v) is 5.41. The zero-order chi connectivity index (χ0) is 17.1. The molecule has 0 heterocycles. The molecule has 0 aromatic heterocycles. The summed E-state index contributed by atoms with van der Waals surface area (Å²) in [4.78, 5) is 48.5. The number of carbonyl (C=O) groups excluding carboxylic acids is 4. The van der Waals surface area contributed by atoms with Crippen molar-refractivity contribution in [2.45, 2.75) is 12.2 Å². The highest BCUT2D eigenvalue weighted by Gasteiger charge is 2.30. The normalized spacial score (nSPS) is 11.9. The van der Waals surface area contributed by atoms with E-state index in [2.05, 4.69) is 20.1 Å². The molecule has 0 saturated heterocycles. The number of hydrogen-bond acceptors (Lipinski definition) is 6. The highest BCUT2D eigenvalue weighted by molar-refractivity contribution is 5.94. The summed E-state index contributed by atoms with van der Waals surface area (Å²) in [5.41, 5.74) is 15.9.